The Labute approximate surface area is 137 Å². The largest absolute Gasteiger partial charge is 0.349 e. The van der Waals surface area contributed by atoms with E-state index < -0.39 is 0 Å². The van der Waals surface area contributed by atoms with Gasteiger partial charge in [-0.05, 0) is 52.2 Å². The minimum Gasteiger partial charge on any atom is -0.349 e. The molecule has 2 aromatic rings. The maximum Gasteiger partial charge on any atom is 0.255 e. The van der Waals surface area contributed by atoms with Crippen LogP contribution in [0.1, 0.15) is 47.9 Å². The molecule has 0 aliphatic carbocycles. The van der Waals surface area contributed by atoms with Gasteiger partial charge in [-0.15, -0.1) is 0 Å². The zero-order valence-corrected chi connectivity index (χ0v) is 14.3. The van der Waals surface area contributed by atoms with Gasteiger partial charge in [-0.25, -0.2) is 0 Å². The average Bonchev–Trinajstić information content (AvgIpc) is 3.15. The third kappa shape index (κ3) is 3.05. The normalized spacial score (nSPS) is 18.4. The molecule has 1 aliphatic heterocycles. The summed E-state index contributed by atoms with van der Waals surface area (Å²) < 4.78 is 4.14. The topological polar surface area (TPSA) is 43.1 Å². The van der Waals surface area contributed by atoms with Crippen molar-refractivity contribution in [3.63, 3.8) is 0 Å². The minimum atomic E-state index is 0.176. The molecule has 124 valence electrons. The van der Waals surface area contributed by atoms with Gasteiger partial charge in [-0.2, -0.15) is 5.10 Å². The van der Waals surface area contributed by atoms with E-state index >= 15 is 0 Å². The minimum absolute atomic E-state index is 0.176. The third-order valence-corrected chi connectivity index (χ3v) is 4.97. The van der Waals surface area contributed by atoms with Crippen molar-refractivity contribution in [1.29, 1.82) is 0 Å². The average molecular weight is 314 g/mol. The molecular formula is C18H26N4O. The highest BCUT2D eigenvalue weighted by Gasteiger charge is 2.29. The second-order valence-corrected chi connectivity index (χ2v) is 6.41. The Morgan fingerprint density at radius 1 is 1.35 bits per heavy atom. The Bertz CT molecular complexity index is 672. The third-order valence-electron chi connectivity index (χ3n) is 4.97. The first-order valence-electron chi connectivity index (χ1n) is 8.57. The fourth-order valence-corrected chi connectivity index (χ4v) is 3.74. The van der Waals surface area contributed by atoms with Crippen LogP contribution in [0, 0.1) is 13.8 Å². The lowest BCUT2D eigenvalue weighted by atomic mass is 10.0. The van der Waals surface area contributed by atoms with Crippen molar-refractivity contribution in [1.82, 2.24) is 19.2 Å². The fourth-order valence-electron chi connectivity index (χ4n) is 3.74. The van der Waals surface area contributed by atoms with Gasteiger partial charge in [0, 0.05) is 36.9 Å². The van der Waals surface area contributed by atoms with Crippen LogP contribution in [0.4, 0.5) is 0 Å². The number of nitrogens with zero attached hydrogens (tertiary/aromatic N) is 4. The summed E-state index contributed by atoms with van der Waals surface area (Å²) in [6.07, 6.45) is 7.10. The number of rotatable bonds is 4. The van der Waals surface area contributed by atoms with Gasteiger partial charge in [0.1, 0.15) is 0 Å². The van der Waals surface area contributed by atoms with Crippen LogP contribution in [0.2, 0.25) is 0 Å². The summed E-state index contributed by atoms with van der Waals surface area (Å²) in [7, 11) is 0. The predicted molar refractivity (Wildman–Crippen MR) is 90.5 cm³/mol. The molecule has 0 spiro atoms. The molecule has 1 atom stereocenters. The van der Waals surface area contributed by atoms with E-state index in [1.165, 1.54) is 6.42 Å². The van der Waals surface area contributed by atoms with E-state index in [4.69, 9.17) is 0 Å². The van der Waals surface area contributed by atoms with Gasteiger partial charge in [-0.3, -0.25) is 9.48 Å². The van der Waals surface area contributed by atoms with E-state index in [0.717, 1.165) is 49.4 Å². The molecule has 0 radical (unpaired) electrons. The maximum atomic E-state index is 13.1. The van der Waals surface area contributed by atoms with Gasteiger partial charge >= 0.3 is 0 Å². The van der Waals surface area contributed by atoms with Crippen LogP contribution in [0.3, 0.4) is 0 Å². The SMILES string of the molecule is CCn1c(C)cc(C(=O)N2CCCC[C@@H]2Cn2cccn2)c1C. The molecule has 3 heterocycles. The summed E-state index contributed by atoms with van der Waals surface area (Å²) in [5, 5.41) is 4.30. The first-order valence-corrected chi connectivity index (χ1v) is 8.57. The van der Waals surface area contributed by atoms with Gasteiger partial charge in [-0.1, -0.05) is 0 Å². The molecule has 2 aromatic heterocycles. The molecule has 5 nitrogen and oxygen atoms in total. The second kappa shape index (κ2) is 6.60. The van der Waals surface area contributed by atoms with Gasteiger partial charge in [0.05, 0.1) is 18.2 Å². The van der Waals surface area contributed by atoms with E-state index in [1.807, 2.05) is 23.0 Å². The van der Waals surface area contributed by atoms with E-state index in [-0.39, 0.29) is 11.9 Å². The van der Waals surface area contributed by atoms with Crippen molar-refractivity contribution in [2.75, 3.05) is 6.54 Å². The van der Waals surface area contributed by atoms with Crippen LogP contribution >= 0.6 is 0 Å². The lowest BCUT2D eigenvalue weighted by Gasteiger charge is -2.35. The van der Waals surface area contributed by atoms with Crippen LogP contribution in [-0.4, -0.2) is 37.7 Å². The lowest BCUT2D eigenvalue weighted by molar-refractivity contribution is 0.0583. The zero-order valence-electron chi connectivity index (χ0n) is 14.3. The van der Waals surface area contributed by atoms with Crippen LogP contribution in [0.5, 0.6) is 0 Å². The number of carbonyl (C=O) groups excluding carboxylic acids is 1. The maximum absolute atomic E-state index is 13.1. The Morgan fingerprint density at radius 2 is 2.17 bits per heavy atom. The Hall–Kier alpha value is -2.04. The lowest BCUT2D eigenvalue weighted by Crippen LogP contribution is -2.46. The Morgan fingerprint density at radius 3 is 2.83 bits per heavy atom. The van der Waals surface area contributed by atoms with Crippen molar-refractivity contribution in [2.45, 2.75) is 59.2 Å². The van der Waals surface area contributed by atoms with Gasteiger partial charge in [0.25, 0.3) is 5.91 Å². The standard InChI is InChI=1S/C18H26N4O/c1-4-21-14(2)12-17(15(21)3)18(23)22-11-6-5-8-16(22)13-20-10-7-9-19-20/h7,9-10,12,16H,4-6,8,11,13H2,1-3H3/t16-/m1/s1. The van der Waals surface area contributed by atoms with Crippen molar-refractivity contribution in [3.05, 3.63) is 41.5 Å². The number of carbonyl (C=O) groups is 1. The van der Waals surface area contributed by atoms with Crippen LogP contribution < -0.4 is 0 Å². The number of aryl methyl sites for hydroxylation is 1. The van der Waals surface area contributed by atoms with E-state index in [2.05, 4.69) is 35.3 Å². The summed E-state index contributed by atoms with van der Waals surface area (Å²) in [4.78, 5) is 15.2. The van der Waals surface area contributed by atoms with Crippen molar-refractivity contribution in [2.24, 2.45) is 0 Å². The quantitative estimate of drug-likeness (QED) is 0.870. The van der Waals surface area contributed by atoms with Gasteiger partial charge in [0.15, 0.2) is 0 Å². The number of piperidine rings is 1. The fraction of sp³-hybridized carbons (Fsp3) is 0.556. The summed E-state index contributed by atoms with van der Waals surface area (Å²) in [6, 6.07) is 4.21. The molecule has 5 heteroatoms. The molecule has 1 aliphatic rings. The molecule has 0 saturated carbocycles. The number of aromatic nitrogens is 3. The first kappa shape index (κ1) is 15.8. The molecule has 23 heavy (non-hydrogen) atoms. The Kier molecular flexibility index (Phi) is 4.55. The molecule has 1 saturated heterocycles. The summed E-state index contributed by atoms with van der Waals surface area (Å²) in [5.74, 6) is 0.176. The number of amides is 1. The molecule has 3 rings (SSSR count). The summed E-state index contributed by atoms with van der Waals surface area (Å²) >= 11 is 0. The zero-order chi connectivity index (χ0) is 16.4. The van der Waals surface area contributed by atoms with Gasteiger partial charge in [0.2, 0.25) is 0 Å². The van der Waals surface area contributed by atoms with Crippen molar-refractivity contribution in [3.8, 4) is 0 Å². The van der Waals surface area contributed by atoms with E-state index in [0.29, 0.717) is 0 Å². The molecule has 1 fully saturated rings. The van der Waals surface area contributed by atoms with Crippen LogP contribution in [0.15, 0.2) is 24.5 Å². The smallest absolute Gasteiger partial charge is 0.255 e. The molecule has 0 bridgehead atoms. The molecule has 0 N–H and O–H groups in total. The highest BCUT2D eigenvalue weighted by atomic mass is 16.2. The number of hydrogen-bond acceptors (Lipinski definition) is 2. The van der Waals surface area contributed by atoms with Crippen LogP contribution in [-0.2, 0) is 13.1 Å². The second-order valence-electron chi connectivity index (χ2n) is 6.41. The van der Waals surface area contributed by atoms with Crippen molar-refractivity contribution >= 4 is 5.91 Å². The molecule has 0 unspecified atom stereocenters. The van der Waals surface area contributed by atoms with Crippen molar-refractivity contribution < 1.29 is 4.79 Å². The van der Waals surface area contributed by atoms with Crippen LogP contribution in [0.25, 0.3) is 0 Å². The highest BCUT2D eigenvalue weighted by Crippen LogP contribution is 2.24. The monoisotopic (exact) mass is 314 g/mol. The number of likely N-dealkylation sites (tertiary alicyclic amines) is 1. The Balaban J connectivity index is 1.84. The highest BCUT2D eigenvalue weighted by molar-refractivity contribution is 5.96. The van der Waals surface area contributed by atoms with Gasteiger partial charge < -0.3 is 9.47 Å². The summed E-state index contributed by atoms with van der Waals surface area (Å²) in [5.41, 5.74) is 3.10. The predicted octanol–water partition coefficient (Wildman–Crippen LogP) is 3.02. The first-order chi connectivity index (χ1) is 11.1. The van der Waals surface area contributed by atoms with E-state index in [1.54, 1.807) is 6.20 Å². The molecule has 0 aromatic carbocycles. The van der Waals surface area contributed by atoms with E-state index in [9.17, 15) is 4.79 Å². The number of hydrogen-bond donors (Lipinski definition) is 0. The molecule has 1 amide bonds. The summed E-state index contributed by atoms with van der Waals surface area (Å²) in [6.45, 7) is 8.78. The molecular weight excluding hydrogens is 288 g/mol.